The van der Waals surface area contributed by atoms with Crippen molar-refractivity contribution in [3.63, 3.8) is 0 Å². The van der Waals surface area contributed by atoms with Crippen molar-refractivity contribution in [3.8, 4) is 17.3 Å². The number of carbonyl (C=O) groups is 2. The highest BCUT2D eigenvalue weighted by Gasteiger charge is 2.30. The lowest BCUT2D eigenvalue weighted by molar-refractivity contribution is -0.117. The van der Waals surface area contributed by atoms with Crippen LogP contribution in [-0.4, -0.2) is 38.4 Å². The molecule has 0 fully saturated rings. The van der Waals surface area contributed by atoms with E-state index < -0.39 is 0 Å². The second-order valence-corrected chi connectivity index (χ2v) is 8.57. The van der Waals surface area contributed by atoms with Crippen LogP contribution in [0.2, 0.25) is 0 Å². The molecule has 5 rings (SSSR count). The van der Waals surface area contributed by atoms with Crippen LogP contribution >= 0.6 is 11.8 Å². The van der Waals surface area contributed by atoms with E-state index in [9.17, 15) is 9.59 Å². The first-order valence-corrected chi connectivity index (χ1v) is 11.5. The number of amides is 2. The first kappa shape index (κ1) is 21.0. The van der Waals surface area contributed by atoms with Gasteiger partial charge in [-0.1, -0.05) is 42.1 Å². The summed E-state index contributed by atoms with van der Waals surface area (Å²) in [5, 5.41) is 12.1. The van der Waals surface area contributed by atoms with Gasteiger partial charge in [0.15, 0.2) is 10.9 Å². The number of rotatable bonds is 5. The predicted molar refractivity (Wildman–Crippen MR) is 126 cm³/mol. The number of hydrogen-bond donors (Lipinski definition) is 1. The van der Waals surface area contributed by atoms with Gasteiger partial charge in [0.25, 0.3) is 0 Å². The Morgan fingerprint density at radius 2 is 1.88 bits per heavy atom. The fourth-order valence-electron chi connectivity index (χ4n) is 3.90. The number of furan rings is 1. The minimum Gasteiger partial charge on any atom is -0.461 e. The van der Waals surface area contributed by atoms with Gasteiger partial charge in [0.1, 0.15) is 0 Å². The van der Waals surface area contributed by atoms with Gasteiger partial charge in [-0.2, -0.15) is 0 Å². The topological polar surface area (TPSA) is 93.3 Å². The van der Waals surface area contributed by atoms with E-state index in [0.717, 1.165) is 5.69 Å². The van der Waals surface area contributed by atoms with Crippen LogP contribution in [0.4, 0.5) is 11.4 Å². The molecule has 2 amide bonds. The van der Waals surface area contributed by atoms with Gasteiger partial charge < -0.3 is 14.6 Å². The molecule has 2 aromatic carbocycles. The Kier molecular flexibility index (Phi) is 5.70. The van der Waals surface area contributed by atoms with Gasteiger partial charge in [-0.05, 0) is 43.3 Å². The van der Waals surface area contributed by atoms with Crippen molar-refractivity contribution in [2.45, 2.75) is 24.5 Å². The monoisotopic (exact) mass is 459 g/mol. The summed E-state index contributed by atoms with van der Waals surface area (Å²) < 4.78 is 7.42. The largest absolute Gasteiger partial charge is 0.461 e. The average molecular weight is 460 g/mol. The van der Waals surface area contributed by atoms with Gasteiger partial charge in [0.05, 0.1) is 23.4 Å². The average Bonchev–Trinajstić information content (AvgIpc) is 3.47. The number of nitrogens with one attached hydrogen (secondary N) is 1. The molecule has 2 aromatic heterocycles. The molecular formula is C24H21N5O3S. The van der Waals surface area contributed by atoms with Crippen molar-refractivity contribution in [3.05, 3.63) is 73.0 Å². The number of carbonyl (C=O) groups excluding carboxylic acids is 2. The fourth-order valence-corrected chi connectivity index (χ4v) is 4.71. The number of para-hydroxylation sites is 3. The van der Waals surface area contributed by atoms with E-state index in [-0.39, 0.29) is 30.0 Å². The molecule has 0 saturated heterocycles. The predicted octanol–water partition coefficient (Wildman–Crippen LogP) is 4.38. The molecule has 0 spiro atoms. The first-order chi connectivity index (χ1) is 16.1. The molecule has 4 aromatic rings. The van der Waals surface area contributed by atoms with Crippen molar-refractivity contribution in [2.24, 2.45) is 0 Å². The molecule has 0 radical (unpaired) electrons. The number of anilines is 2. The van der Waals surface area contributed by atoms with Crippen molar-refractivity contribution in [2.75, 3.05) is 16.0 Å². The zero-order chi connectivity index (χ0) is 22.8. The number of aromatic nitrogens is 3. The van der Waals surface area contributed by atoms with Crippen molar-refractivity contribution in [1.29, 1.82) is 0 Å². The molecule has 0 aliphatic carbocycles. The highest BCUT2D eigenvalue weighted by Crippen LogP contribution is 2.33. The van der Waals surface area contributed by atoms with Crippen LogP contribution in [0.3, 0.4) is 0 Å². The fraction of sp³-hybridized carbons (Fsp3) is 0.167. The number of thioether (sulfide) groups is 1. The molecule has 1 atom stereocenters. The maximum atomic E-state index is 13.4. The van der Waals surface area contributed by atoms with Gasteiger partial charge in [-0.15, -0.1) is 10.2 Å². The summed E-state index contributed by atoms with van der Waals surface area (Å²) in [6, 6.07) is 20.4. The van der Waals surface area contributed by atoms with Gasteiger partial charge >= 0.3 is 0 Å². The summed E-state index contributed by atoms with van der Waals surface area (Å²) in [5.74, 6) is 1.06. The Morgan fingerprint density at radius 1 is 1.09 bits per heavy atom. The maximum absolute atomic E-state index is 13.4. The van der Waals surface area contributed by atoms with Crippen LogP contribution < -0.4 is 10.2 Å². The van der Waals surface area contributed by atoms with Gasteiger partial charge in [-0.3, -0.25) is 14.2 Å². The van der Waals surface area contributed by atoms with Crippen molar-refractivity contribution in [1.82, 2.24) is 14.8 Å². The second kappa shape index (κ2) is 8.95. The molecule has 8 nitrogen and oxygen atoms in total. The molecule has 1 aliphatic heterocycles. The van der Waals surface area contributed by atoms with E-state index in [0.29, 0.717) is 28.1 Å². The molecule has 0 bridgehead atoms. The van der Waals surface area contributed by atoms with E-state index in [2.05, 4.69) is 15.5 Å². The molecule has 1 N–H and O–H groups in total. The van der Waals surface area contributed by atoms with Gasteiger partial charge in [-0.25, -0.2) is 0 Å². The van der Waals surface area contributed by atoms with E-state index in [1.165, 1.54) is 11.8 Å². The first-order valence-electron chi connectivity index (χ1n) is 10.5. The smallest absolute Gasteiger partial charge is 0.237 e. The number of benzene rings is 2. The van der Waals surface area contributed by atoms with Gasteiger partial charge in [0.2, 0.25) is 17.6 Å². The molecule has 0 saturated carbocycles. The molecule has 1 aliphatic rings. The minimum atomic E-state index is -0.271. The lowest BCUT2D eigenvalue weighted by Crippen LogP contribution is -2.40. The Bertz CT molecular complexity index is 1290. The summed E-state index contributed by atoms with van der Waals surface area (Å²) >= 11 is 1.30. The summed E-state index contributed by atoms with van der Waals surface area (Å²) in [5.41, 5.74) is 2.20. The summed E-state index contributed by atoms with van der Waals surface area (Å²) in [6.45, 7) is 1.88. The molecule has 3 heterocycles. The summed E-state index contributed by atoms with van der Waals surface area (Å²) in [7, 11) is 0. The SMILES string of the molecule is C[C@H]1CC(=O)Nc2ccccc2N1C(=O)CSc1nnc(-c2ccco2)n1-c1ccccc1. The third-order valence-corrected chi connectivity index (χ3v) is 6.26. The Balaban J connectivity index is 1.44. The van der Waals surface area contributed by atoms with Crippen LogP contribution in [0, 0.1) is 0 Å². The minimum absolute atomic E-state index is 0.107. The second-order valence-electron chi connectivity index (χ2n) is 7.63. The molecule has 33 heavy (non-hydrogen) atoms. The highest BCUT2D eigenvalue weighted by molar-refractivity contribution is 7.99. The van der Waals surface area contributed by atoms with Crippen LogP contribution in [0.25, 0.3) is 17.3 Å². The van der Waals surface area contributed by atoms with Crippen LogP contribution in [-0.2, 0) is 9.59 Å². The Morgan fingerprint density at radius 3 is 2.67 bits per heavy atom. The van der Waals surface area contributed by atoms with Crippen LogP contribution in [0.1, 0.15) is 13.3 Å². The van der Waals surface area contributed by atoms with Crippen LogP contribution in [0.15, 0.2) is 82.6 Å². The molecule has 0 unspecified atom stereocenters. The van der Waals surface area contributed by atoms with E-state index in [4.69, 9.17) is 4.42 Å². The summed E-state index contributed by atoms with van der Waals surface area (Å²) in [6.07, 6.45) is 1.82. The molecule has 9 heteroatoms. The third-order valence-electron chi connectivity index (χ3n) is 5.34. The van der Waals surface area contributed by atoms with E-state index >= 15 is 0 Å². The zero-order valence-corrected chi connectivity index (χ0v) is 18.7. The lowest BCUT2D eigenvalue weighted by atomic mass is 10.2. The van der Waals surface area contributed by atoms with Crippen molar-refractivity contribution >= 4 is 35.0 Å². The van der Waals surface area contributed by atoms with Gasteiger partial charge in [0, 0.05) is 18.2 Å². The standard InChI is InChI=1S/C24H21N5O3S/c1-16-14-21(30)25-18-10-5-6-11-19(18)28(16)22(31)15-33-24-27-26-23(20-12-7-13-32-20)29(24)17-8-3-2-4-9-17/h2-13,16H,14-15H2,1H3,(H,25,30)/t16-/m0/s1. The maximum Gasteiger partial charge on any atom is 0.237 e. The third kappa shape index (κ3) is 4.14. The Hall–Kier alpha value is -3.85. The molecular weight excluding hydrogens is 438 g/mol. The zero-order valence-electron chi connectivity index (χ0n) is 17.8. The molecule has 166 valence electrons. The van der Waals surface area contributed by atoms with E-state index in [1.54, 1.807) is 23.3 Å². The summed E-state index contributed by atoms with van der Waals surface area (Å²) in [4.78, 5) is 27.3. The number of fused-ring (bicyclic) bond motifs is 1. The normalized spacial score (nSPS) is 15.6. The van der Waals surface area contributed by atoms with Crippen molar-refractivity contribution < 1.29 is 14.0 Å². The quantitative estimate of drug-likeness (QED) is 0.445. The number of nitrogens with zero attached hydrogens (tertiary/aromatic N) is 4. The van der Waals surface area contributed by atoms with E-state index in [1.807, 2.05) is 66.1 Å². The Labute approximate surface area is 194 Å². The van der Waals surface area contributed by atoms with Crippen LogP contribution in [0.5, 0.6) is 0 Å². The highest BCUT2D eigenvalue weighted by atomic mass is 32.2. The lowest BCUT2D eigenvalue weighted by Gasteiger charge is -2.27. The number of hydrogen-bond acceptors (Lipinski definition) is 6.